The number of hydrogen-bond donors (Lipinski definition) is 22. The maximum atomic E-state index is 16.6. The lowest BCUT2D eigenvalue weighted by Gasteiger charge is -2.71. The topological polar surface area (TPSA) is 670 Å². The molecule has 135 heavy (non-hydrogen) atoms. The first kappa shape index (κ1) is 109. The number of rotatable bonds is 34. The van der Waals surface area contributed by atoms with E-state index in [0.717, 1.165) is 5.57 Å². The fourth-order valence-electron chi connectivity index (χ4n) is 24.3. The van der Waals surface area contributed by atoms with E-state index in [1.165, 1.54) is 20.8 Å². The van der Waals surface area contributed by atoms with Crippen LogP contribution < -0.4 is 0 Å². The minimum absolute atomic E-state index is 0.0296. The van der Waals surface area contributed by atoms with Crippen molar-refractivity contribution in [3.8, 4) is 0 Å². The molecule has 8 heterocycles. The van der Waals surface area contributed by atoms with Crippen LogP contribution in [0.2, 0.25) is 0 Å². The van der Waals surface area contributed by atoms with Crippen molar-refractivity contribution in [2.45, 2.75) is 463 Å². The van der Waals surface area contributed by atoms with E-state index in [1.807, 2.05) is 0 Å². The number of aliphatic hydroxyl groups is 21. The van der Waals surface area contributed by atoms with Crippen molar-refractivity contribution in [1.29, 1.82) is 0 Å². The molecule has 0 amide bonds. The van der Waals surface area contributed by atoms with Crippen molar-refractivity contribution in [3.05, 3.63) is 11.6 Å². The van der Waals surface area contributed by atoms with Gasteiger partial charge in [0.2, 0.25) is 6.29 Å². The number of ether oxygens (including phenoxy) is 17. The van der Waals surface area contributed by atoms with Gasteiger partial charge < -0.3 is 193 Å². The Balaban J connectivity index is 0.780. The highest BCUT2D eigenvalue weighted by atomic mass is 16.8. The average molecular weight is 1940 g/mol. The number of aliphatic hydroxyl groups excluding tert-OH is 21. The predicted octanol–water partition coefficient (Wildman–Crippen LogP) is -3.13. The standard InChI is InChI=1S/C92H150O43/c1-38-54(99)59(104)66(111)78(122-38)119-31-19-15-14-17-21-42(94)20-16-12-13-18-22-43(126-81-67(112)60(105)55(100)39(2)123-81)32-53(98)129-71-40(3)125-84(76(69(71)114)133-83-75(70(115)72(41(4)124-83)130-79-64(109)56(101)46(95)36-120-79)134-85-74(62(107)58(103)48(35-93)127-85)132-80-65(110)57(102)47(96)37-121-80)135-86(118)92-30-29-87(5,6)33-45(92)44-23-24-50-89(9)27-26-52(128-82-68(113)61(106)63(108)73(131-82)77(116)117)88(7,8)49(89)25-28-90(50,10)91(44,11)34-51(92)97/h23,38-41,43,45-52,54-76,78-85,93,95-97,99-115H,12-22,24-37H2,1-11H3,(H,116,117)/t38-,39-,40+,41-,43?,45?,46+,47-,48+,49?,50?,51?,52?,54-,55-,56-,57-,58+,59+,60+,61-,62-,63+,64?,65?,66+,67+,68?,69-,70+,71-,72-,73-,74?,75?,76+,78+,79-,80-,81-,82+,83-,84-,85-,89?,90?,91?,92?/m0/s1. The van der Waals surface area contributed by atoms with Crippen molar-refractivity contribution in [2.75, 3.05) is 26.4 Å². The van der Waals surface area contributed by atoms with Gasteiger partial charge >= 0.3 is 17.9 Å². The number of carboxylic acid groups (broad SMARTS) is 1. The molecule has 0 aromatic rings. The van der Waals surface area contributed by atoms with Gasteiger partial charge in [-0.05, 0) is 156 Å². The summed E-state index contributed by atoms with van der Waals surface area (Å²) in [6.45, 7) is 18.5. The van der Waals surface area contributed by atoms with Crippen LogP contribution in [0.4, 0.5) is 0 Å². The first-order valence-corrected chi connectivity index (χ1v) is 48.2. The van der Waals surface area contributed by atoms with Gasteiger partial charge in [0.1, 0.15) is 152 Å². The van der Waals surface area contributed by atoms with Crippen molar-refractivity contribution in [3.63, 3.8) is 0 Å². The number of carboxylic acids is 1. The highest BCUT2D eigenvalue weighted by molar-refractivity contribution is 5.80. The lowest BCUT2D eigenvalue weighted by molar-refractivity contribution is -0.408. The van der Waals surface area contributed by atoms with E-state index in [9.17, 15) is 122 Å². The molecule has 13 rings (SSSR count). The van der Waals surface area contributed by atoms with Gasteiger partial charge in [0.25, 0.3) is 0 Å². The van der Waals surface area contributed by atoms with Crippen LogP contribution in [-0.2, 0) is 99.7 Å². The van der Waals surface area contributed by atoms with Crippen LogP contribution in [0, 0.1) is 50.2 Å². The quantitative estimate of drug-likeness (QED) is 0.0131. The van der Waals surface area contributed by atoms with E-state index < -0.39 is 334 Å². The molecule has 48 atom stereocenters. The fraction of sp³-hybridized carbons (Fsp3) is 0.935. The SMILES string of the molecule is C[C@@H]1O[C@@H](OCCCCCCC(=O)CCCCCCC(CC(=O)O[C@@H]2[C@H](O)[C@@H](O[C@@H]3O[C@@H](C)[C@H](O[C@@H]4OC[C@@H](O)[C@H](O)C4O)[C@@H](O)C3O[C@@H]3O[C@H](CO)[C@@H](O)[C@H](O)C3O[C@@H]3OC[C@H](O)[C@H](O)C3O)[C@H](OC(=O)C34CCC(C)(C)CC3C3=CCC5C6(C)CCC(O[C@@H]7O[C@H](C(=O)O)[C@H](O)[C@H](O)C7O)C(C)(C)C6CCC5(C)C3(C)CC4O)O[C@@H]2C)O[C@@H]2O[C@@H](C)[C@H](O)[C@@H](O)[C@H]2O)[C@H](O)[C@H](O)[C@H]1O. The summed E-state index contributed by atoms with van der Waals surface area (Å²) >= 11 is 0. The molecule has 8 saturated heterocycles. The largest absolute Gasteiger partial charge is 0.479 e. The molecule has 13 aliphatic rings. The number of ketones is 1. The molecule has 22 N–H and O–H groups in total. The zero-order valence-electron chi connectivity index (χ0n) is 78.6. The van der Waals surface area contributed by atoms with E-state index in [-0.39, 0.29) is 49.9 Å². The molecule has 15 unspecified atom stereocenters. The number of Topliss-reactive ketones (excluding diaryl/α,β-unsaturated/α-hetero) is 1. The Kier molecular flexibility index (Phi) is 35.5. The molecule has 8 aliphatic heterocycles. The Morgan fingerprint density at radius 2 is 0.956 bits per heavy atom. The number of carbonyl (C=O) groups is 4. The zero-order valence-corrected chi connectivity index (χ0v) is 78.6. The Bertz CT molecular complexity index is 3920. The summed E-state index contributed by atoms with van der Waals surface area (Å²) < 4.78 is 104. The van der Waals surface area contributed by atoms with E-state index in [0.29, 0.717) is 103 Å². The molecule has 0 aromatic heterocycles. The highest BCUT2D eigenvalue weighted by Gasteiger charge is 2.73. The predicted molar refractivity (Wildman–Crippen MR) is 455 cm³/mol. The van der Waals surface area contributed by atoms with E-state index in [4.69, 9.17) is 80.5 Å². The lowest BCUT2D eigenvalue weighted by Crippen LogP contribution is -2.69. The molecule has 5 aliphatic carbocycles. The Morgan fingerprint density at radius 1 is 0.444 bits per heavy atom. The lowest BCUT2D eigenvalue weighted by atomic mass is 9.33. The highest BCUT2D eigenvalue weighted by Crippen LogP contribution is 2.76. The van der Waals surface area contributed by atoms with E-state index in [2.05, 4.69) is 54.5 Å². The normalized spacial score (nSPS) is 49.0. The maximum Gasteiger partial charge on any atom is 0.335 e. The third-order valence-corrected chi connectivity index (χ3v) is 32.7. The molecule has 12 fully saturated rings. The summed E-state index contributed by atoms with van der Waals surface area (Å²) in [6, 6.07) is 0. The number of hydrogen-bond acceptors (Lipinski definition) is 42. The monoisotopic (exact) mass is 1940 g/mol. The van der Waals surface area contributed by atoms with Crippen LogP contribution in [-0.4, -0.2) is 414 Å². The molecule has 43 heteroatoms. The second kappa shape index (κ2) is 44.1. The van der Waals surface area contributed by atoms with Crippen molar-refractivity contribution in [1.82, 2.24) is 0 Å². The summed E-state index contributed by atoms with van der Waals surface area (Å²) in [4.78, 5) is 57.0. The summed E-state index contributed by atoms with van der Waals surface area (Å²) in [6.07, 6.45) is -60.9. The minimum Gasteiger partial charge on any atom is -0.479 e. The molecule has 0 spiro atoms. The zero-order chi connectivity index (χ0) is 98.7. The molecule has 0 aromatic carbocycles. The molecule has 776 valence electrons. The number of unbranched alkanes of at least 4 members (excludes halogenated alkanes) is 6. The molecular formula is C92H150O43. The van der Waals surface area contributed by atoms with Gasteiger partial charge in [0.15, 0.2) is 62.3 Å². The third-order valence-electron chi connectivity index (χ3n) is 32.7. The van der Waals surface area contributed by atoms with Gasteiger partial charge in [-0.2, -0.15) is 0 Å². The van der Waals surface area contributed by atoms with Gasteiger partial charge in [-0.3, -0.25) is 14.4 Å². The second-order valence-electron chi connectivity index (χ2n) is 42.4. The summed E-state index contributed by atoms with van der Waals surface area (Å²) in [5, 5.41) is 245. The van der Waals surface area contributed by atoms with Gasteiger partial charge in [-0.1, -0.05) is 92.2 Å². The Morgan fingerprint density at radius 3 is 1.57 bits per heavy atom. The van der Waals surface area contributed by atoms with Crippen molar-refractivity contribution in [2.24, 2.45) is 50.2 Å². The third kappa shape index (κ3) is 22.0. The molecule has 43 nitrogen and oxygen atoms in total. The van der Waals surface area contributed by atoms with Crippen LogP contribution in [0.1, 0.15) is 211 Å². The Hall–Kier alpha value is -3.62. The first-order valence-electron chi connectivity index (χ1n) is 48.2. The average Bonchev–Trinajstić information content (AvgIpc) is 0.668. The molecule has 0 radical (unpaired) electrons. The number of aliphatic carboxylic acids is 1. The van der Waals surface area contributed by atoms with Crippen LogP contribution in [0.15, 0.2) is 11.6 Å². The number of fused-ring (bicyclic) bond motifs is 7. The summed E-state index contributed by atoms with van der Waals surface area (Å²) in [5.74, 6) is -4.48. The van der Waals surface area contributed by atoms with Gasteiger partial charge in [-0.25, -0.2) is 4.79 Å². The molecule has 4 saturated carbocycles. The van der Waals surface area contributed by atoms with Crippen LogP contribution in [0.25, 0.3) is 0 Å². The smallest absolute Gasteiger partial charge is 0.335 e. The maximum absolute atomic E-state index is 16.6. The second-order valence-corrected chi connectivity index (χ2v) is 42.4. The van der Waals surface area contributed by atoms with Crippen LogP contribution >= 0.6 is 0 Å². The van der Waals surface area contributed by atoms with E-state index >= 15 is 9.59 Å². The van der Waals surface area contributed by atoms with Crippen LogP contribution in [0.5, 0.6) is 0 Å². The van der Waals surface area contributed by atoms with Gasteiger partial charge in [0, 0.05) is 19.4 Å². The number of allylic oxidation sites excluding steroid dienone is 2. The summed E-state index contributed by atoms with van der Waals surface area (Å²) in [5.41, 5.74) is -3.84. The molecule has 0 bridgehead atoms. The van der Waals surface area contributed by atoms with E-state index in [1.54, 1.807) is 6.92 Å². The van der Waals surface area contributed by atoms with Crippen molar-refractivity contribution < 1.29 is 212 Å². The van der Waals surface area contributed by atoms with Crippen LogP contribution in [0.3, 0.4) is 0 Å². The molecular weight excluding hydrogens is 1790 g/mol. The van der Waals surface area contributed by atoms with Crippen molar-refractivity contribution >= 4 is 23.7 Å². The Labute approximate surface area is 783 Å². The fourth-order valence-corrected chi connectivity index (χ4v) is 24.3. The van der Waals surface area contributed by atoms with Gasteiger partial charge in [-0.15, -0.1) is 0 Å². The summed E-state index contributed by atoms with van der Waals surface area (Å²) in [7, 11) is 0. The number of esters is 2. The first-order chi connectivity index (χ1) is 63.5. The minimum atomic E-state index is -2.24. The van der Waals surface area contributed by atoms with Gasteiger partial charge in [0.05, 0.1) is 69.0 Å². The number of carbonyl (C=O) groups excluding carboxylic acids is 3.